The zero-order valence-corrected chi connectivity index (χ0v) is 7.75. The number of thiophene rings is 1. The van der Waals surface area contributed by atoms with E-state index in [9.17, 15) is 0 Å². The summed E-state index contributed by atoms with van der Waals surface area (Å²) in [6, 6.07) is 2.04. The molecule has 0 aromatic carbocycles. The number of aromatic nitrogens is 2. The summed E-state index contributed by atoms with van der Waals surface area (Å²) in [5.74, 6) is 1.18. The van der Waals surface area contributed by atoms with Crippen molar-refractivity contribution in [2.75, 3.05) is 0 Å². The van der Waals surface area contributed by atoms with Crippen molar-refractivity contribution in [2.45, 2.75) is 13.0 Å². The minimum Gasteiger partial charge on any atom is -0.339 e. The monoisotopic (exact) mass is 195 g/mol. The molecular formula is C8H9N3OS. The van der Waals surface area contributed by atoms with Gasteiger partial charge in [-0.25, -0.2) is 0 Å². The second-order valence-corrected chi connectivity index (χ2v) is 3.40. The topological polar surface area (TPSA) is 64.9 Å². The predicted octanol–water partition coefficient (Wildman–Crippen LogP) is 1.18. The van der Waals surface area contributed by atoms with E-state index >= 15 is 0 Å². The third-order valence-electron chi connectivity index (χ3n) is 1.63. The lowest BCUT2D eigenvalue weighted by molar-refractivity contribution is 0.379. The number of rotatable bonds is 3. The van der Waals surface area contributed by atoms with Gasteiger partial charge in [-0.3, -0.25) is 0 Å². The zero-order valence-electron chi connectivity index (χ0n) is 6.93. The van der Waals surface area contributed by atoms with Gasteiger partial charge in [-0.05, 0) is 22.4 Å². The smallest absolute Gasteiger partial charge is 0.231 e. The van der Waals surface area contributed by atoms with E-state index < -0.39 is 0 Å². The average Bonchev–Trinajstić information content (AvgIpc) is 2.76. The first-order valence-corrected chi connectivity index (χ1v) is 4.85. The van der Waals surface area contributed by atoms with Crippen molar-refractivity contribution in [1.82, 2.24) is 10.1 Å². The van der Waals surface area contributed by atoms with Crippen LogP contribution < -0.4 is 5.73 Å². The maximum atomic E-state index is 5.35. The predicted molar refractivity (Wildman–Crippen MR) is 49.3 cm³/mol. The molecule has 0 saturated carbocycles. The van der Waals surface area contributed by atoms with Crippen LogP contribution in [-0.4, -0.2) is 10.1 Å². The lowest BCUT2D eigenvalue weighted by Gasteiger charge is -1.87. The molecule has 2 heterocycles. The summed E-state index contributed by atoms with van der Waals surface area (Å²) in [5, 5.41) is 7.79. The molecule has 0 radical (unpaired) electrons. The highest BCUT2D eigenvalue weighted by molar-refractivity contribution is 7.07. The highest BCUT2D eigenvalue weighted by Crippen LogP contribution is 2.10. The van der Waals surface area contributed by atoms with E-state index in [0.29, 0.717) is 24.7 Å². The van der Waals surface area contributed by atoms with Crippen molar-refractivity contribution in [3.63, 3.8) is 0 Å². The molecule has 0 aliphatic rings. The van der Waals surface area contributed by atoms with E-state index in [-0.39, 0.29) is 0 Å². The largest absolute Gasteiger partial charge is 0.339 e. The first-order valence-electron chi connectivity index (χ1n) is 3.91. The summed E-state index contributed by atoms with van der Waals surface area (Å²) in [6.45, 7) is 0.327. The summed E-state index contributed by atoms with van der Waals surface area (Å²) in [5.41, 5.74) is 6.55. The SMILES string of the molecule is NCc1noc(Cc2ccsc2)n1. The molecule has 0 fully saturated rings. The fourth-order valence-electron chi connectivity index (χ4n) is 1.01. The Morgan fingerprint density at radius 1 is 1.54 bits per heavy atom. The molecule has 2 N–H and O–H groups in total. The van der Waals surface area contributed by atoms with Crippen LogP contribution in [0.1, 0.15) is 17.3 Å². The van der Waals surface area contributed by atoms with E-state index in [1.165, 1.54) is 5.56 Å². The Hall–Kier alpha value is -1.20. The van der Waals surface area contributed by atoms with Crippen molar-refractivity contribution in [1.29, 1.82) is 0 Å². The van der Waals surface area contributed by atoms with Gasteiger partial charge in [-0.1, -0.05) is 5.16 Å². The number of hydrogen-bond donors (Lipinski definition) is 1. The molecule has 0 atom stereocenters. The molecule has 2 aromatic rings. The number of hydrogen-bond acceptors (Lipinski definition) is 5. The van der Waals surface area contributed by atoms with E-state index in [1.54, 1.807) is 11.3 Å². The Bertz CT molecular complexity index is 368. The van der Waals surface area contributed by atoms with Gasteiger partial charge in [0.15, 0.2) is 5.82 Å². The summed E-state index contributed by atoms with van der Waals surface area (Å²) >= 11 is 1.66. The molecule has 68 valence electrons. The first kappa shape index (κ1) is 8.40. The molecule has 0 aliphatic carbocycles. The van der Waals surface area contributed by atoms with E-state index in [1.807, 2.05) is 11.4 Å². The van der Waals surface area contributed by atoms with Gasteiger partial charge in [0.2, 0.25) is 5.89 Å². The van der Waals surface area contributed by atoms with Crippen LogP contribution in [0.3, 0.4) is 0 Å². The van der Waals surface area contributed by atoms with Crippen LogP contribution in [0.25, 0.3) is 0 Å². The van der Waals surface area contributed by atoms with Gasteiger partial charge in [0.05, 0.1) is 13.0 Å². The van der Waals surface area contributed by atoms with Crippen molar-refractivity contribution < 1.29 is 4.52 Å². The van der Waals surface area contributed by atoms with Crippen LogP contribution in [0.15, 0.2) is 21.3 Å². The van der Waals surface area contributed by atoms with Gasteiger partial charge < -0.3 is 10.3 Å². The lowest BCUT2D eigenvalue weighted by Crippen LogP contribution is -1.98. The van der Waals surface area contributed by atoms with Crippen LogP contribution in [-0.2, 0) is 13.0 Å². The molecule has 0 saturated heterocycles. The molecular weight excluding hydrogens is 186 g/mol. The van der Waals surface area contributed by atoms with Gasteiger partial charge in [-0.15, -0.1) is 0 Å². The normalized spacial score (nSPS) is 10.5. The molecule has 0 unspecified atom stereocenters. The minimum atomic E-state index is 0.327. The fourth-order valence-corrected chi connectivity index (χ4v) is 1.68. The third-order valence-corrected chi connectivity index (χ3v) is 2.36. The van der Waals surface area contributed by atoms with Crippen LogP contribution in [0.2, 0.25) is 0 Å². The Kier molecular flexibility index (Phi) is 2.37. The molecule has 4 nitrogen and oxygen atoms in total. The van der Waals surface area contributed by atoms with E-state index in [4.69, 9.17) is 10.3 Å². The third kappa shape index (κ3) is 1.93. The minimum absolute atomic E-state index is 0.327. The van der Waals surface area contributed by atoms with Crippen molar-refractivity contribution in [2.24, 2.45) is 5.73 Å². The summed E-state index contributed by atoms with van der Waals surface area (Å²) in [4.78, 5) is 4.11. The maximum Gasteiger partial charge on any atom is 0.231 e. The molecule has 5 heteroatoms. The Balaban J connectivity index is 2.10. The van der Waals surface area contributed by atoms with E-state index in [0.717, 1.165) is 0 Å². The van der Waals surface area contributed by atoms with Gasteiger partial charge in [0, 0.05) is 0 Å². The van der Waals surface area contributed by atoms with Gasteiger partial charge in [0.1, 0.15) is 0 Å². The first-order chi connectivity index (χ1) is 6.38. The van der Waals surface area contributed by atoms with Gasteiger partial charge in [-0.2, -0.15) is 16.3 Å². The highest BCUT2D eigenvalue weighted by atomic mass is 32.1. The summed E-state index contributed by atoms with van der Waals surface area (Å²) in [6.07, 6.45) is 0.691. The summed E-state index contributed by atoms with van der Waals surface area (Å²) in [7, 11) is 0. The second-order valence-electron chi connectivity index (χ2n) is 2.62. The van der Waals surface area contributed by atoms with E-state index in [2.05, 4.69) is 15.5 Å². The molecule has 2 aromatic heterocycles. The number of nitrogens with zero attached hydrogens (tertiary/aromatic N) is 2. The standard InChI is InChI=1S/C8H9N3OS/c9-4-7-10-8(12-11-7)3-6-1-2-13-5-6/h1-2,5H,3-4,9H2. The quantitative estimate of drug-likeness (QED) is 0.798. The molecule has 2 rings (SSSR count). The molecule has 0 amide bonds. The molecule has 0 spiro atoms. The summed E-state index contributed by atoms with van der Waals surface area (Å²) < 4.78 is 4.99. The van der Waals surface area contributed by atoms with Gasteiger partial charge >= 0.3 is 0 Å². The van der Waals surface area contributed by atoms with Crippen LogP contribution in [0.5, 0.6) is 0 Å². The lowest BCUT2D eigenvalue weighted by atomic mass is 10.2. The zero-order chi connectivity index (χ0) is 9.10. The van der Waals surface area contributed by atoms with Crippen LogP contribution >= 0.6 is 11.3 Å². The number of nitrogens with two attached hydrogens (primary N) is 1. The Morgan fingerprint density at radius 2 is 2.46 bits per heavy atom. The second kappa shape index (κ2) is 3.68. The highest BCUT2D eigenvalue weighted by Gasteiger charge is 2.05. The fraction of sp³-hybridized carbons (Fsp3) is 0.250. The Morgan fingerprint density at radius 3 is 3.08 bits per heavy atom. The van der Waals surface area contributed by atoms with Crippen LogP contribution in [0, 0.1) is 0 Å². The van der Waals surface area contributed by atoms with Crippen molar-refractivity contribution in [3.05, 3.63) is 34.1 Å². The van der Waals surface area contributed by atoms with Crippen LogP contribution in [0.4, 0.5) is 0 Å². The van der Waals surface area contributed by atoms with Crippen molar-refractivity contribution in [3.8, 4) is 0 Å². The van der Waals surface area contributed by atoms with Crippen molar-refractivity contribution >= 4 is 11.3 Å². The molecule has 13 heavy (non-hydrogen) atoms. The maximum absolute atomic E-state index is 5.35. The molecule has 0 bridgehead atoms. The van der Waals surface area contributed by atoms with Gasteiger partial charge in [0.25, 0.3) is 0 Å². The average molecular weight is 195 g/mol. The molecule has 0 aliphatic heterocycles. The Labute approximate surface area is 79.4 Å².